The molecule has 1 unspecified atom stereocenters. The largest absolute Gasteiger partial charge is 0.325 e. The second-order valence-electron chi connectivity index (χ2n) is 9.90. The number of carbonyl (C=O) groups is 3. The van der Waals surface area contributed by atoms with Gasteiger partial charge in [-0.25, -0.2) is 0 Å². The molecule has 0 aliphatic heterocycles. The lowest BCUT2D eigenvalue weighted by Gasteiger charge is -2.17. The van der Waals surface area contributed by atoms with Gasteiger partial charge in [-0.15, -0.1) is 11.8 Å². The molecule has 5 aromatic rings. The predicted molar refractivity (Wildman–Crippen MR) is 189 cm³/mol. The van der Waals surface area contributed by atoms with E-state index in [1.54, 1.807) is 84.9 Å². The minimum atomic E-state index is -0.579. The lowest BCUT2D eigenvalue weighted by molar-refractivity contribution is -0.116. The smallest absolute Gasteiger partial charge is 0.272 e. The number of nitrogens with one attached hydrogen (secondary N) is 3. The van der Waals surface area contributed by atoms with Gasteiger partial charge in [0.2, 0.25) is 5.91 Å². The summed E-state index contributed by atoms with van der Waals surface area (Å²) in [7, 11) is 0. The molecule has 0 aliphatic carbocycles. The molecule has 0 spiro atoms. The third-order valence-corrected chi connectivity index (χ3v) is 8.81. The van der Waals surface area contributed by atoms with Crippen molar-refractivity contribution in [3.63, 3.8) is 0 Å². The average molecular weight is 687 g/mol. The van der Waals surface area contributed by atoms with Crippen molar-refractivity contribution in [2.75, 3.05) is 10.6 Å². The first-order valence-electron chi connectivity index (χ1n) is 14.0. The van der Waals surface area contributed by atoms with Gasteiger partial charge in [-0.05, 0) is 84.4 Å². The van der Waals surface area contributed by atoms with Gasteiger partial charge in [-0.3, -0.25) is 14.4 Å². The molecule has 3 N–H and O–H groups in total. The number of anilines is 2. The van der Waals surface area contributed by atoms with Crippen molar-refractivity contribution in [2.24, 2.45) is 0 Å². The fourth-order valence-electron chi connectivity index (χ4n) is 4.33. The number of carbonyl (C=O) groups excluding carboxylic acids is 3. The Kier molecular flexibility index (Phi) is 11.2. The molecule has 0 aliphatic rings. The van der Waals surface area contributed by atoms with Gasteiger partial charge in [0.25, 0.3) is 11.8 Å². The standard InChI is InChI=1S/C36H26Cl3N3O3S/c37-25-14-16-26(17-15-25)41-36(45)33(23-8-3-1-4-9-23)46-28-20-18-27(19-21-28)40-35(44)32(22-29-30(38)12-7-13-31(29)39)42-34(43)24-10-5-2-6-11-24/h1-22,33H,(H,40,44)(H,41,45)(H,42,43)/b32-22-. The second-order valence-corrected chi connectivity index (χ2v) is 12.3. The van der Waals surface area contributed by atoms with Gasteiger partial charge in [-0.2, -0.15) is 0 Å². The van der Waals surface area contributed by atoms with Gasteiger partial charge in [0.15, 0.2) is 0 Å². The summed E-state index contributed by atoms with van der Waals surface area (Å²) >= 11 is 20.1. The average Bonchev–Trinajstić information content (AvgIpc) is 3.07. The van der Waals surface area contributed by atoms with Gasteiger partial charge in [0.05, 0.1) is 0 Å². The zero-order valence-corrected chi connectivity index (χ0v) is 27.1. The van der Waals surface area contributed by atoms with Crippen LogP contribution in [-0.2, 0) is 9.59 Å². The number of hydrogen-bond acceptors (Lipinski definition) is 4. The van der Waals surface area contributed by atoms with E-state index < -0.39 is 17.1 Å². The number of benzene rings is 5. The Morgan fingerprint density at radius 2 is 1.20 bits per heavy atom. The van der Waals surface area contributed by atoms with Crippen LogP contribution in [-0.4, -0.2) is 17.7 Å². The van der Waals surface area contributed by atoms with Gasteiger partial charge in [-0.1, -0.05) is 89.4 Å². The van der Waals surface area contributed by atoms with Crippen LogP contribution < -0.4 is 16.0 Å². The van der Waals surface area contributed by atoms with Crippen LogP contribution in [0.2, 0.25) is 15.1 Å². The summed E-state index contributed by atoms with van der Waals surface area (Å²) in [6, 6.07) is 36.9. The van der Waals surface area contributed by atoms with Crippen molar-refractivity contribution in [1.29, 1.82) is 0 Å². The molecule has 230 valence electrons. The zero-order chi connectivity index (χ0) is 32.5. The molecule has 6 nitrogen and oxygen atoms in total. The first kappa shape index (κ1) is 32.9. The summed E-state index contributed by atoms with van der Waals surface area (Å²) in [6.07, 6.45) is 1.44. The maximum absolute atomic E-state index is 13.5. The first-order chi connectivity index (χ1) is 22.3. The molecular weight excluding hydrogens is 661 g/mol. The van der Waals surface area contributed by atoms with Crippen LogP contribution in [0.3, 0.4) is 0 Å². The third-order valence-electron chi connectivity index (χ3n) is 6.64. The van der Waals surface area contributed by atoms with Crippen molar-refractivity contribution < 1.29 is 14.4 Å². The van der Waals surface area contributed by atoms with Gasteiger partial charge in [0.1, 0.15) is 10.9 Å². The van der Waals surface area contributed by atoms with Crippen LogP contribution in [0, 0.1) is 0 Å². The Morgan fingerprint density at radius 3 is 1.83 bits per heavy atom. The SMILES string of the molecule is O=C(Nc1ccc(SC(C(=O)Nc2ccc(Cl)cc2)c2ccccc2)cc1)/C(=C/c1c(Cl)cccc1Cl)NC(=O)c1ccccc1. The Morgan fingerprint density at radius 1 is 0.630 bits per heavy atom. The lowest BCUT2D eigenvalue weighted by Crippen LogP contribution is -2.30. The monoisotopic (exact) mass is 685 g/mol. The number of halogens is 3. The second kappa shape index (κ2) is 15.7. The molecule has 5 aromatic carbocycles. The van der Waals surface area contributed by atoms with E-state index in [9.17, 15) is 14.4 Å². The molecule has 0 bridgehead atoms. The van der Waals surface area contributed by atoms with Gasteiger partial charge in [0, 0.05) is 42.5 Å². The third kappa shape index (κ3) is 8.80. The molecule has 10 heteroatoms. The van der Waals surface area contributed by atoms with E-state index in [0.717, 1.165) is 10.5 Å². The van der Waals surface area contributed by atoms with Gasteiger partial charge < -0.3 is 16.0 Å². The van der Waals surface area contributed by atoms with E-state index >= 15 is 0 Å². The van der Waals surface area contributed by atoms with Crippen molar-refractivity contribution in [3.05, 3.63) is 165 Å². The van der Waals surface area contributed by atoms with Crippen molar-refractivity contribution in [1.82, 2.24) is 5.32 Å². The molecule has 5 rings (SSSR count). The van der Waals surface area contributed by atoms with E-state index in [2.05, 4.69) is 16.0 Å². The molecule has 0 radical (unpaired) electrons. The fraction of sp³-hybridized carbons (Fsp3) is 0.0278. The highest BCUT2D eigenvalue weighted by atomic mass is 35.5. The number of rotatable bonds is 10. The summed E-state index contributed by atoms with van der Waals surface area (Å²) in [5.41, 5.74) is 2.65. The Bertz CT molecular complexity index is 1850. The van der Waals surface area contributed by atoms with Crippen LogP contribution in [0.5, 0.6) is 0 Å². The summed E-state index contributed by atoms with van der Waals surface area (Å²) in [6.45, 7) is 0. The predicted octanol–water partition coefficient (Wildman–Crippen LogP) is 9.53. The quantitative estimate of drug-likeness (QED) is 0.101. The highest BCUT2D eigenvalue weighted by Crippen LogP contribution is 2.37. The van der Waals surface area contributed by atoms with E-state index in [1.165, 1.54) is 17.8 Å². The van der Waals surface area contributed by atoms with Crippen molar-refractivity contribution >= 4 is 81.7 Å². The normalized spacial score (nSPS) is 11.8. The zero-order valence-electron chi connectivity index (χ0n) is 24.0. The van der Waals surface area contributed by atoms with Crippen LogP contribution >= 0.6 is 46.6 Å². The first-order valence-corrected chi connectivity index (χ1v) is 16.0. The number of hydrogen-bond donors (Lipinski definition) is 3. The Hall–Kier alpha value is -4.53. The Balaban J connectivity index is 1.34. The minimum absolute atomic E-state index is 0.0506. The topological polar surface area (TPSA) is 87.3 Å². The van der Waals surface area contributed by atoms with Crippen molar-refractivity contribution in [3.8, 4) is 0 Å². The maximum Gasteiger partial charge on any atom is 0.272 e. The molecule has 0 fully saturated rings. The van der Waals surface area contributed by atoms with E-state index in [4.69, 9.17) is 34.8 Å². The summed E-state index contributed by atoms with van der Waals surface area (Å²) in [5.74, 6) is -1.25. The van der Waals surface area contributed by atoms with E-state index in [1.807, 2.05) is 42.5 Å². The summed E-state index contributed by atoms with van der Waals surface area (Å²) in [4.78, 5) is 40.7. The molecular formula is C36H26Cl3N3O3S. The number of amides is 3. The van der Waals surface area contributed by atoms with Crippen LogP contribution in [0.25, 0.3) is 6.08 Å². The lowest BCUT2D eigenvalue weighted by atomic mass is 10.1. The fourth-order valence-corrected chi connectivity index (χ4v) is 5.99. The molecule has 0 saturated carbocycles. The molecule has 1 atom stereocenters. The molecule has 46 heavy (non-hydrogen) atoms. The van der Waals surface area contributed by atoms with Crippen LogP contribution in [0.4, 0.5) is 11.4 Å². The number of thioether (sulfide) groups is 1. The highest BCUT2D eigenvalue weighted by molar-refractivity contribution is 8.00. The maximum atomic E-state index is 13.5. The van der Waals surface area contributed by atoms with Gasteiger partial charge >= 0.3 is 0 Å². The molecule has 0 aromatic heterocycles. The van der Waals surface area contributed by atoms with Crippen molar-refractivity contribution in [2.45, 2.75) is 10.1 Å². The van der Waals surface area contributed by atoms with Crippen LogP contribution in [0.1, 0.15) is 26.7 Å². The van der Waals surface area contributed by atoms with E-state index in [-0.39, 0.29) is 11.6 Å². The summed E-state index contributed by atoms with van der Waals surface area (Å²) < 4.78 is 0. The highest BCUT2D eigenvalue weighted by Gasteiger charge is 2.23. The molecule has 3 amide bonds. The molecule has 0 heterocycles. The van der Waals surface area contributed by atoms with E-state index in [0.29, 0.717) is 37.6 Å². The minimum Gasteiger partial charge on any atom is -0.325 e. The molecule has 0 saturated heterocycles. The Labute approximate surface area is 285 Å². The summed E-state index contributed by atoms with van der Waals surface area (Å²) in [5, 5.41) is 9.13. The van der Waals surface area contributed by atoms with Crippen LogP contribution in [0.15, 0.2) is 138 Å².